The molecule has 2 rings (SSSR count). The number of nitrogens with one attached hydrogen (secondary N) is 1. The van der Waals surface area contributed by atoms with Gasteiger partial charge in [0.2, 0.25) is 0 Å². The standard InChI is InChI=1S/C7H5ClN2O2S/c8-13(11,12)7-4-10-6-3-9-2-1-5(6)7/h1-4,10H. The normalized spacial score (nSPS) is 12.1. The van der Waals surface area contributed by atoms with Gasteiger partial charge < -0.3 is 4.98 Å². The van der Waals surface area contributed by atoms with Crippen molar-refractivity contribution in [2.24, 2.45) is 0 Å². The number of fused-ring (bicyclic) bond motifs is 1. The maximum absolute atomic E-state index is 11.0. The lowest BCUT2D eigenvalue weighted by Crippen LogP contribution is -1.87. The Morgan fingerprint density at radius 1 is 1.46 bits per heavy atom. The predicted molar refractivity (Wildman–Crippen MR) is 49.1 cm³/mol. The van der Waals surface area contributed by atoms with Crippen molar-refractivity contribution >= 4 is 30.6 Å². The van der Waals surface area contributed by atoms with Crippen LogP contribution in [0.4, 0.5) is 0 Å². The molecule has 0 saturated carbocycles. The fourth-order valence-electron chi connectivity index (χ4n) is 1.15. The minimum Gasteiger partial charge on any atom is -0.359 e. The van der Waals surface area contributed by atoms with Crippen molar-refractivity contribution in [3.63, 3.8) is 0 Å². The third kappa shape index (κ3) is 1.40. The van der Waals surface area contributed by atoms with Gasteiger partial charge in [0, 0.05) is 28.5 Å². The van der Waals surface area contributed by atoms with Crippen LogP contribution in [0, 0.1) is 0 Å². The van der Waals surface area contributed by atoms with Gasteiger partial charge in [0.1, 0.15) is 4.90 Å². The Kier molecular flexibility index (Phi) is 1.78. The average molecular weight is 217 g/mol. The van der Waals surface area contributed by atoms with E-state index in [1.54, 1.807) is 12.3 Å². The lowest BCUT2D eigenvalue weighted by molar-refractivity contribution is 0.610. The molecule has 68 valence electrons. The monoisotopic (exact) mass is 216 g/mol. The molecule has 0 unspecified atom stereocenters. The van der Waals surface area contributed by atoms with Crippen LogP contribution in [-0.4, -0.2) is 18.4 Å². The molecule has 0 radical (unpaired) electrons. The summed E-state index contributed by atoms with van der Waals surface area (Å²) in [6, 6.07) is 1.60. The van der Waals surface area contributed by atoms with Gasteiger partial charge in [-0.25, -0.2) is 8.42 Å². The third-order valence-electron chi connectivity index (χ3n) is 1.71. The van der Waals surface area contributed by atoms with Crippen molar-refractivity contribution < 1.29 is 8.42 Å². The molecule has 0 aromatic carbocycles. The predicted octanol–water partition coefficient (Wildman–Crippen LogP) is 1.49. The first-order valence-electron chi connectivity index (χ1n) is 3.45. The van der Waals surface area contributed by atoms with Crippen LogP contribution >= 0.6 is 10.7 Å². The number of rotatable bonds is 1. The molecular formula is C7H5ClN2O2S. The summed E-state index contributed by atoms with van der Waals surface area (Å²) in [7, 11) is 1.54. The summed E-state index contributed by atoms with van der Waals surface area (Å²) in [5.41, 5.74) is 0.654. The molecule has 0 saturated heterocycles. The fourth-order valence-corrected chi connectivity index (χ4v) is 2.17. The van der Waals surface area contributed by atoms with E-state index in [-0.39, 0.29) is 4.90 Å². The molecule has 2 aromatic rings. The SMILES string of the molecule is O=S(=O)(Cl)c1c[nH]c2cnccc12. The molecule has 13 heavy (non-hydrogen) atoms. The van der Waals surface area contributed by atoms with E-state index in [0.717, 1.165) is 0 Å². The van der Waals surface area contributed by atoms with Crippen molar-refractivity contribution in [1.82, 2.24) is 9.97 Å². The van der Waals surface area contributed by atoms with E-state index in [2.05, 4.69) is 9.97 Å². The lowest BCUT2D eigenvalue weighted by atomic mass is 10.3. The summed E-state index contributed by atoms with van der Waals surface area (Å²) in [5, 5.41) is 0.560. The summed E-state index contributed by atoms with van der Waals surface area (Å²) in [6.45, 7) is 0. The molecule has 0 atom stereocenters. The van der Waals surface area contributed by atoms with Crippen LogP contribution in [0.15, 0.2) is 29.6 Å². The van der Waals surface area contributed by atoms with Crippen molar-refractivity contribution in [3.05, 3.63) is 24.7 Å². The largest absolute Gasteiger partial charge is 0.359 e. The molecule has 0 aliphatic heterocycles. The highest BCUT2D eigenvalue weighted by Gasteiger charge is 2.15. The van der Waals surface area contributed by atoms with Gasteiger partial charge in [-0.3, -0.25) is 4.98 Å². The zero-order valence-electron chi connectivity index (χ0n) is 6.36. The highest BCUT2D eigenvalue weighted by molar-refractivity contribution is 8.14. The van der Waals surface area contributed by atoms with Crippen LogP contribution < -0.4 is 0 Å². The van der Waals surface area contributed by atoms with Crippen LogP contribution in [-0.2, 0) is 9.05 Å². The highest BCUT2D eigenvalue weighted by Crippen LogP contribution is 2.24. The first-order valence-corrected chi connectivity index (χ1v) is 5.76. The van der Waals surface area contributed by atoms with Gasteiger partial charge in [0.25, 0.3) is 9.05 Å². The molecule has 0 fully saturated rings. The van der Waals surface area contributed by atoms with E-state index in [4.69, 9.17) is 10.7 Å². The number of pyridine rings is 1. The lowest BCUT2D eigenvalue weighted by Gasteiger charge is -1.91. The third-order valence-corrected chi connectivity index (χ3v) is 3.07. The van der Waals surface area contributed by atoms with Crippen LogP contribution in [0.3, 0.4) is 0 Å². The maximum atomic E-state index is 11.0. The van der Waals surface area contributed by atoms with E-state index >= 15 is 0 Å². The van der Waals surface area contributed by atoms with Gasteiger partial charge in [-0.05, 0) is 6.07 Å². The molecule has 0 aliphatic rings. The van der Waals surface area contributed by atoms with Crippen molar-refractivity contribution in [1.29, 1.82) is 0 Å². The summed E-state index contributed by atoms with van der Waals surface area (Å²) in [4.78, 5) is 6.70. The summed E-state index contributed by atoms with van der Waals surface area (Å²) in [5.74, 6) is 0. The molecule has 2 aromatic heterocycles. The van der Waals surface area contributed by atoms with Gasteiger partial charge in [-0.15, -0.1) is 0 Å². The van der Waals surface area contributed by atoms with Gasteiger partial charge >= 0.3 is 0 Å². The summed E-state index contributed by atoms with van der Waals surface area (Å²) >= 11 is 0. The van der Waals surface area contributed by atoms with Gasteiger partial charge in [0.15, 0.2) is 0 Å². The van der Waals surface area contributed by atoms with Gasteiger partial charge in [-0.1, -0.05) is 0 Å². The van der Waals surface area contributed by atoms with E-state index in [9.17, 15) is 8.42 Å². The Morgan fingerprint density at radius 2 is 2.23 bits per heavy atom. The first kappa shape index (κ1) is 8.52. The molecule has 1 N–H and O–H groups in total. The van der Waals surface area contributed by atoms with Crippen molar-refractivity contribution in [2.75, 3.05) is 0 Å². The van der Waals surface area contributed by atoms with Crippen LogP contribution in [0.1, 0.15) is 0 Å². The maximum Gasteiger partial charge on any atom is 0.263 e. The van der Waals surface area contributed by atoms with Gasteiger partial charge in [0.05, 0.1) is 11.7 Å². The second-order valence-electron chi connectivity index (χ2n) is 2.51. The highest BCUT2D eigenvalue weighted by atomic mass is 35.7. The molecule has 0 amide bonds. The van der Waals surface area contributed by atoms with E-state index in [1.807, 2.05) is 0 Å². The van der Waals surface area contributed by atoms with E-state index in [1.165, 1.54) is 12.4 Å². The van der Waals surface area contributed by atoms with E-state index in [0.29, 0.717) is 10.9 Å². The minimum atomic E-state index is -3.67. The number of aromatic nitrogens is 2. The Bertz CT molecular complexity index is 546. The molecule has 0 spiro atoms. The summed E-state index contributed by atoms with van der Waals surface area (Å²) < 4.78 is 22.1. The Labute approximate surface area is 79.0 Å². The zero-order valence-corrected chi connectivity index (χ0v) is 7.93. The number of nitrogens with zero attached hydrogens (tertiary/aromatic N) is 1. The van der Waals surface area contributed by atoms with Crippen molar-refractivity contribution in [3.8, 4) is 0 Å². The molecule has 0 aliphatic carbocycles. The van der Waals surface area contributed by atoms with Crippen LogP contribution in [0.2, 0.25) is 0 Å². The van der Waals surface area contributed by atoms with Crippen LogP contribution in [0.5, 0.6) is 0 Å². The second kappa shape index (κ2) is 2.71. The minimum absolute atomic E-state index is 0.0894. The Morgan fingerprint density at radius 3 is 2.92 bits per heavy atom. The van der Waals surface area contributed by atoms with E-state index < -0.39 is 9.05 Å². The number of H-pyrrole nitrogens is 1. The second-order valence-corrected chi connectivity index (χ2v) is 5.05. The average Bonchev–Trinajstić information content (AvgIpc) is 2.45. The molecule has 0 bridgehead atoms. The first-order chi connectivity index (χ1) is 6.09. The molecule has 4 nitrogen and oxygen atoms in total. The Balaban J connectivity index is 2.87. The number of hydrogen-bond acceptors (Lipinski definition) is 3. The topological polar surface area (TPSA) is 62.8 Å². The quantitative estimate of drug-likeness (QED) is 0.735. The fraction of sp³-hybridized carbons (Fsp3) is 0. The van der Waals surface area contributed by atoms with Gasteiger partial charge in [-0.2, -0.15) is 0 Å². The molecule has 2 heterocycles. The molecular weight excluding hydrogens is 212 g/mol. The number of aromatic amines is 1. The zero-order chi connectivity index (χ0) is 9.47. The summed E-state index contributed by atoms with van der Waals surface area (Å²) in [6.07, 6.45) is 4.41. The number of hydrogen-bond donors (Lipinski definition) is 1. The molecule has 6 heteroatoms. The Hall–Kier alpha value is -1.07. The smallest absolute Gasteiger partial charge is 0.263 e. The number of halogens is 1. The van der Waals surface area contributed by atoms with Crippen LogP contribution in [0.25, 0.3) is 10.9 Å². The van der Waals surface area contributed by atoms with Crippen molar-refractivity contribution in [2.45, 2.75) is 4.90 Å².